The number of carbonyl (C=O) groups is 1. The second-order valence-corrected chi connectivity index (χ2v) is 7.77. The minimum atomic E-state index is 0. The molecule has 7 heteroatoms. The zero-order chi connectivity index (χ0) is 15.3. The maximum absolute atomic E-state index is 11.7. The van der Waals surface area contributed by atoms with E-state index in [4.69, 9.17) is 0 Å². The van der Waals surface area contributed by atoms with Gasteiger partial charge in [0.1, 0.15) is 0 Å². The van der Waals surface area contributed by atoms with E-state index in [9.17, 15) is 4.79 Å². The number of nitrogens with zero attached hydrogens (tertiary/aromatic N) is 3. The van der Waals surface area contributed by atoms with Crippen molar-refractivity contribution in [2.24, 2.45) is 4.99 Å². The average molecular weight is 440 g/mol. The van der Waals surface area contributed by atoms with Crippen LogP contribution < -0.4 is 5.32 Å². The van der Waals surface area contributed by atoms with Gasteiger partial charge in [-0.2, -0.15) is 11.8 Å². The second kappa shape index (κ2) is 9.20. The Labute approximate surface area is 155 Å². The summed E-state index contributed by atoms with van der Waals surface area (Å²) in [5.74, 6) is 2.10. The molecule has 0 aromatic rings. The first kappa shape index (κ1) is 19.9. The van der Waals surface area contributed by atoms with Gasteiger partial charge in [-0.25, -0.2) is 0 Å². The van der Waals surface area contributed by atoms with E-state index in [1.165, 1.54) is 32.1 Å². The van der Waals surface area contributed by atoms with Crippen LogP contribution in [-0.2, 0) is 4.79 Å². The van der Waals surface area contributed by atoms with Crippen molar-refractivity contribution in [1.29, 1.82) is 0 Å². The summed E-state index contributed by atoms with van der Waals surface area (Å²) in [7, 11) is 5.36. The van der Waals surface area contributed by atoms with Gasteiger partial charge < -0.3 is 15.1 Å². The number of halogens is 1. The van der Waals surface area contributed by atoms with E-state index in [1.54, 1.807) is 26.0 Å². The van der Waals surface area contributed by atoms with Crippen LogP contribution in [0.5, 0.6) is 0 Å². The molecule has 1 aliphatic carbocycles. The average Bonchev–Trinajstić information content (AvgIpc) is 2.48. The third kappa shape index (κ3) is 5.18. The monoisotopic (exact) mass is 440 g/mol. The van der Waals surface area contributed by atoms with Gasteiger partial charge in [-0.15, -0.1) is 24.0 Å². The van der Waals surface area contributed by atoms with Crippen molar-refractivity contribution in [3.8, 4) is 0 Å². The molecule has 1 saturated carbocycles. The Balaban J connectivity index is 0.00000242. The van der Waals surface area contributed by atoms with Crippen LogP contribution in [0.15, 0.2) is 4.99 Å². The maximum Gasteiger partial charge on any atom is 0.241 e. The van der Waals surface area contributed by atoms with Gasteiger partial charge in [0.05, 0.1) is 6.54 Å². The lowest BCUT2D eigenvalue weighted by Crippen LogP contribution is -2.54. The molecule has 0 bridgehead atoms. The molecule has 1 aliphatic heterocycles. The lowest BCUT2D eigenvalue weighted by atomic mass is 9.87. The lowest BCUT2D eigenvalue weighted by molar-refractivity contribution is -0.127. The van der Waals surface area contributed by atoms with Crippen molar-refractivity contribution >= 4 is 47.6 Å². The molecule has 0 aromatic heterocycles. The smallest absolute Gasteiger partial charge is 0.241 e. The Morgan fingerprint density at radius 1 is 1.32 bits per heavy atom. The Morgan fingerprint density at radius 2 is 2.00 bits per heavy atom. The maximum atomic E-state index is 11.7. The van der Waals surface area contributed by atoms with E-state index >= 15 is 0 Å². The van der Waals surface area contributed by atoms with Crippen LogP contribution in [0.2, 0.25) is 0 Å². The van der Waals surface area contributed by atoms with Gasteiger partial charge in [-0.05, 0) is 12.8 Å². The molecule has 2 aliphatic rings. The Kier molecular flexibility index (Phi) is 8.31. The summed E-state index contributed by atoms with van der Waals surface area (Å²) < 4.78 is 0.416. The first-order valence-corrected chi connectivity index (χ1v) is 8.85. The summed E-state index contributed by atoms with van der Waals surface area (Å²) >= 11 is 2.15. The number of thioether (sulfide) groups is 1. The highest BCUT2D eigenvalue weighted by atomic mass is 127. The van der Waals surface area contributed by atoms with Crippen LogP contribution in [0.1, 0.15) is 32.1 Å². The molecule has 2 rings (SSSR count). The van der Waals surface area contributed by atoms with E-state index in [2.05, 4.69) is 27.0 Å². The van der Waals surface area contributed by atoms with E-state index in [-0.39, 0.29) is 29.9 Å². The minimum Gasteiger partial charge on any atom is -0.347 e. The molecule has 1 heterocycles. The number of aliphatic imine (C=N–C) groups is 1. The normalized spacial score (nSPS) is 21.2. The van der Waals surface area contributed by atoms with Crippen LogP contribution >= 0.6 is 35.7 Å². The van der Waals surface area contributed by atoms with Crippen molar-refractivity contribution < 1.29 is 4.79 Å². The minimum absolute atomic E-state index is 0. The van der Waals surface area contributed by atoms with Crippen molar-refractivity contribution in [1.82, 2.24) is 15.1 Å². The largest absolute Gasteiger partial charge is 0.347 e. The fourth-order valence-electron chi connectivity index (χ4n) is 3.17. The van der Waals surface area contributed by atoms with E-state index in [1.807, 2.05) is 0 Å². The summed E-state index contributed by atoms with van der Waals surface area (Å²) in [5, 5.41) is 3.22. The Morgan fingerprint density at radius 3 is 2.59 bits per heavy atom. The Bertz CT molecular complexity index is 391. The highest BCUT2D eigenvalue weighted by molar-refractivity contribution is 14.0. The van der Waals surface area contributed by atoms with Gasteiger partial charge in [-0.1, -0.05) is 19.3 Å². The SMILES string of the molecule is CN=C(NCC(=O)N(C)C)N1CCSC2(CCCCC2)C1.I. The molecule has 1 N–H and O–H groups in total. The van der Waals surface area contributed by atoms with E-state index < -0.39 is 0 Å². The van der Waals surface area contributed by atoms with Crippen molar-refractivity contribution in [2.45, 2.75) is 36.9 Å². The summed E-state index contributed by atoms with van der Waals surface area (Å²) in [5.41, 5.74) is 0. The molecule has 1 amide bonds. The highest BCUT2D eigenvalue weighted by Crippen LogP contribution is 2.42. The molecule has 22 heavy (non-hydrogen) atoms. The van der Waals surface area contributed by atoms with Crippen LogP contribution in [-0.4, -0.2) is 72.9 Å². The third-order valence-electron chi connectivity index (χ3n) is 4.42. The molecule has 0 aromatic carbocycles. The molecule has 0 atom stereocenters. The van der Waals surface area contributed by atoms with Gasteiger partial charge in [0.25, 0.3) is 0 Å². The molecular formula is C15H29IN4OS. The van der Waals surface area contributed by atoms with Crippen LogP contribution in [0.3, 0.4) is 0 Å². The number of carbonyl (C=O) groups excluding carboxylic acids is 1. The first-order chi connectivity index (χ1) is 10.1. The Hall–Kier alpha value is -0.180. The summed E-state index contributed by atoms with van der Waals surface area (Å²) in [4.78, 5) is 20.0. The first-order valence-electron chi connectivity index (χ1n) is 7.86. The summed E-state index contributed by atoms with van der Waals surface area (Å²) in [6, 6.07) is 0. The molecule has 5 nitrogen and oxygen atoms in total. The molecule has 1 saturated heterocycles. The van der Waals surface area contributed by atoms with Crippen molar-refractivity contribution in [2.75, 3.05) is 46.5 Å². The van der Waals surface area contributed by atoms with Gasteiger partial charge in [0.15, 0.2) is 5.96 Å². The van der Waals surface area contributed by atoms with Crippen molar-refractivity contribution in [3.63, 3.8) is 0 Å². The molecule has 1 spiro atoms. The van der Waals surface area contributed by atoms with Crippen LogP contribution in [0.25, 0.3) is 0 Å². The zero-order valence-electron chi connectivity index (χ0n) is 13.9. The molecule has 128 valence electrons. The summed E-state index contributed by atoms with van der Waals surface area (Å²) in [6.07, 6.45) is 6.73. The van der Waals surface area contributed by atoms with E-state index in [0.717, 1.165) is 24.8 Å². The summed E-state index contributed by atoms with van der Waals surface area (Å²) in [6.45, 7) is 2.39. The quantitative estimate of drug-likeness (QED) is 0.406. The topological polar surface area (TPSA) is 47.9 Å². The molecule has 0 unspecified atom stereocenters. The number of nitrogens with one attached hydrogen (secondary N) is 1. The lowest BCUT2D eigenvalue weighted by Gasteiger charge is -2.45. The van der Waals surface area contributed by atoms with E-state index in [0.29, 0.717) is 11.3 Å². The number of rotatable bonds is 2. The fraction of sp³-hybridized carbons (Fsp3) is 0.867. The molecular weight excluding hydrogens is 411 g/mol. The number of hydrogen-bond acceptors (Lipinski definition) is 3. The predicted octanol–water partition coefficient (Wildman–Crippen LogP) is 2.02. The second-order valence-electron chi connectivity index (χ2n) is 6.20. The van der Waals surface area contributed by atoms with Gasteiger partial charge in [0.2, 0.25) is 5.91 Å². The third-order valence-corrected chi connectivity index (χ3v) is 5.96. The van der Waals surface area contributed by atoms with Gasteiger partial charge in [-0.3, -0.25) is 9.79 Å². The van der Waals surface area contributed by atoms with Crippen LogP contribution in [0, 0.1) is 0 Å². The molecule has 2 fully saturated rings. The standard InChI is InChI=1S/C15H28N4OS.HI/c1-16-14(17-11-13(20)18(2)3)19-9-10-21-15(12-19)7-5-4-6-8-15;/h4-12H2,1-3H3,(H,16,17);1H. The fourth-order valence-corrected chi connectivity index (χ4v) is 4.74. The number of likely N-dealkylation sites (N-methyl/N-ethyl adjacent to an activating group) is 1. The highest BCUT2D eigenvalue weighted by Gasteiger charge is 2.38. The van der Waals surface area contributed by atoms with Crippen LogP contribution in [0.4, 0.5) is 0 Å². The zero-order valence-corrected chi connectivity index (χ0v) is 17.1. The van der Waals surface area contributed by atoms with Crippen molar-refractivity contribution in [3.05, 3.63) is 0 Å². The predicted molar refractivity (Wildman–Crippen MR) is 105 cm³/mol. The number of hydrogen-bond donors (Lipinski definition) is 1. The number of guanidine groups is 1. The molecule has 0 radical (unpaired) electrons. The number of amides is 1. The van der Waals surface area contributed by atoms with Gasteiger partial charge >= 0.3 is 0 Å². The van der Waals surface area contributed by atoms with Gasteiger partial charge in [0, 0.05) is 44.7 Å².